The Labute approximate surface area is 168 Å². The van der Waals surface area contributed by atoms with Gasteiger partial charge in [-0.25, -0.2) is 0 Å². The average Bonchev–Trinajstić information content (AvgIpc) is 3.21. The molecule has 1 fully saturated rings. The van der Waals surface area contributed by atoms with E-state index in [1.807, 2.05) is 0 Å². The Morgan fingerprint density at radius 1 is 1.24 bits per heavy atom. The summed E-state index contributed by atoms with van der Waals surface area (Å²) in [6.07, 6.45) is 3.06. The number of hydrogen-bond acceptors (Lipinski definition) is 6. The van der Waals surface area contributed by atoms with Crippen molar-refractivity contribution in [3.05, 3.63) is 52.6 Å². The van der Waals surface area contributed by atoms with E-state index in [9.17, 15) is 20.2 Å². The van der Waals surface area contributed by atoms with Gasteiger partial charge in [0, 0.05) is 17.7 Å². The number of rotatable bonds is 7. The van der Waals surface area contributed by atoms with Gasteiger partial charge in [0.15, 0.2) is 6.61 Å². The molecule has 8 nitrogen and oxygen atoms in total. The topological polar surface area (TPSA) is 114 Å². The van der Waals surface area contributed by atoms with Gasteiger partial charge in [0.25, 0.3) is 11.6 Å². The van der Waals surface area contributed by atoms with E-state index in [0.29, 0.717) is 35.5 Å². The van der Waals surface area contributed by atoms with Crippen molar-refractivity contribution in [3.63, 3.8) is 0 Å². The summed E-state index contributed by atoms with van der Waals surface area (Å²) in [5.41, 5.74) is 0.274. The first-order valence-electron chi connectivity index (χ1n) is 9.24. The van der Waals surface area contributed by atoms with Gasteiger partial charge in [0.2, 0.25) is 0 Å². The van der Waals surface area contributed by atoms with Crippen LogP contribution in [0.4, 0.5) is 5.69 Å². The molecule has 8 heteroatoms. The maximum atomic E-state index is 12.3. The second kappa shape index (κ2) is 8.61. The number of amides is 1. The van der Waals surface area contributed by atoms with E-state index in [-0.39, 0.29) is 12.3 Å². The van der Waals surface area contributed by atoms with E-state index in [4.69, 9.17) is 9.47 Å². The maximum absolute atomic E-state index is 12.3. The molecule has 29 heavy (non-hydrogen) atoms. The van der Waals surface area contributed by atoms with Crippen LogP contribution in [0.2, 0.25) is 0 Å². The minimum atomic E-state index is -0.825. The lowest BCUT2D eigenvalue weighted by Gasteiger charge is -2.22. The zero-order valence-corrected chi connectivity index (χ0v) is 16.0. The molecular weight excluding hydrogens is 374 g/mol. The zero-order chi connectivity index (χ0) is 20.9. The van der Waals surface area contributed by atoms with Crippen molar-refractivity contribution in [1.29, 1.82) is 5.26 Å². The Balaban J connectivity index is 1.80. The molecule has 0 radical (unpaired) electrons. The highest BCUT2D eigenvalue weighted by molar-refractivity contribution is 5.80. The predicted molar refractivity (Wildman–Crippen MR) is 106 cm³/mol. The third-order valence-corrected chi connectivity index (χ3v) is 4.98. The summed E-state index contributed by atoms with van der Waals surface area (Å²) in [6.45, 7) is -0.287. The van der Waals surface area contributed by atoms with E-state index >= 15 is 0 Å². The maximum Gasteiger partial charge on any atom is 0.270 e. The van der Waals surface area contributed by atoms with Crippen molar-refractivity contribution in [3.8, 4) is 28.7 Å². The van der Waals surface area contributed by atoms with Crippen molar-refractivity contribution >= 4 is 11.6 Å². The smallest absolute Gasteiger partial charge is 0.270 e. The first kappa shape index (κ1) is 20.1. The second-order valence-corrected chi connectivity index (χ2v) is 6.90. The Morgan fingerprint density at radius 2 is 1.93 bits per heavy atom. The van der Waals surface area contributed by atoms with Gasteiger partial charge < -0.3 is 14.8 Å². The molecular formula is C21H21N3O5. The first-order chi connectivity index (χ1) is 14.0. The Hall–Kier alpha value is -3.60. The van der Waals surface area contributed by atoms with E-state index in [1.165, 1.54) is 18.2 Å². The van der Waals surface area contributed by atoms with Crippen LogP contribution < -0.4 is 14.8 Å². The quantitative estimate of drug-likeness (QED) is 0.566. The molecule has 1 saturated carbocycles. The van der Waals surface area contributed by atoms with Crippen molar-refractivity contribution in [2.75, 3.05) is 13.7 Å². The molecule has 1 aliphatic carbocycles. The van der Waals surface area contributed by atoms with Crippen molar-refractivity contribution < 1.29 is 19.2 Å². The summed E-state index contributed by atoms with van der Waals surface area (Å²) in [5, 5.41) is 23.3. The molecule has 0 heterocycles. The molecule has 1 amide bonds. The molecule has 0 spiro atoms. The van der Waals surface area contributed by atoms with Gasteiger partial charge in [-0.2, -0.15) is 5.26 Å². The summed E-state index contributed by atoms with van der Waals surface area (Å²) >= 11 is 0. The number of methoxy groups -OCH3 is 1. The molecule has 0 aromatic heterocycles. The number of benzene rings is 2. The molecule has 0 saturated heterocycles. The molecule has 2 aromatic carbocycles. The number of nitro benzene ring substituents is 1. The average molecular weight is 395 g/mol. The lowest BCUT2D eigenvalue weighted by atomic mass is 10.00. The third kappa shape index (κ3) is 4.63. The number of non-ortho nitro benzene ring substituents is 1. The summed E-state index contributed by atoms with van der Waals surface area (Å²) in [7, 11) is 1.55. The predicted octanol–water partition coefficient (Wildman–Crippen LogP) is 3.60. The molecule has 3 rings (SSSR count). The molecule has 150 valence electrons. The van der Waals surface area contributed by atoms with Crippen LogP contribution in [-0.4, -0.2) is 30.1 Å². The van der Waals surface area contributed by atoms with Gasteiger partial charge in [-0.15, -0.1) is 0 Å². The van der Waals surface area contributed by atoms with E-state index < -0.39 is 16.4 Å². The highest BCUT2D eigenvalue weighted by Crippen LogP contribution is 2.34. The minimum absolute atomic E-state index is 0.0815. The summed E-state index contributed by atoms with van der Waals surface area (Å²) in [6, 6.07) is 13.4. The van der Waals surface area contributed by atoms with Crippen molar-refractivity contribution in [1.82, 2.24) is 5.32 Å². The molecule has 0 aliphatic heterocycles. The molecule has 0 unspecified atom stereocenters. The van der Waals surface area contributed by atoms with Crippen molar-refractivity contribution in [2.24, 2.45) is 0 Å². The van der Waals surface area contributed by atoms with E-state index in [1.54, 1.807) is 31.4 Å². The molecule has 0 atom stereocenters. The number of nitrogens with zero attached hydrogens (tertiary/aromatic N) is 2. The highest BCUT2D eigenvalue weighted by Gasteiger charge is 2.35. The minimum Gasteiger partial charge on any atom is -0.497 e. The third-order valence-electron chi connectivity index (χ3n) is 4.98. The van der Waals surface area contributed by atoms with Crippen LogP contribution in [0.3, 0.4) is 0 Å². The Morgan fingerprint density at radius 3 is 2.52 bits per heavy atom. The fourth-order valence-corrected chi connectivity index (χ4v) is 3.44. The lowest BCUT2D eigenvalue weighted by Crippen LogP contribution is -2.47. The van der Waals surface area contributed by atoms with Crippen LogP contribution >= 0.6 is 0 Å². The van der Waals surface area contributed by atoms with Gasteiger partial charge in [-0.05, 0) is 49.4 Å². The van der Waals surface area contributed by atoms with E-state index in [0.717, 1.165) is 12.8 Å². The number of nitro groups is 1. The standard InChI is InChI=1S/C21H21N3O5/c1-28-17-7-4-15(5-8-17)18-12-16(24(26)27)6-9-19(18)29-13-20(25)23-21(14-22)10-2-3-11-21/h4-9,12H,2-3,10-11,13H2,1H3,(H,23,25). The van der Waals surface area contributed by atoms with Gasteiger partial charge in [-0.1, -0.05) is 12.1 Å². The zero-order valence-electron chi connectivity index (χ0n) is 16.0. The largest absolute Gasteiger partial charge is 0.497 e. The second-order valence-electron chi connectivity index (χ2n) is 6.90. The summed E-state index contributed by atoms with van der Waals surface area (Å²) < 4.78 is 10.8. The highest BCUT2D eigenvalue weighted by atomic mass is 16.6. The lowest BCUT2D eigenvalue weighted by molar-refractivity contribution is -0.384. The molecule has 0 bridgehead atoms. The SMILES string of the molecule is COc1ccc(-c2cc([N+](=O)[O-])ccc2OCC(=O)NC2(C#N)CCCC2)cc1. The number of hydrogen-bond donors (Lipinski definition) is 1. The Bertz CT molecular complexity index is 944. The summed E-state index contributed by atoms with van der Waals surface area (Å²) in [4.78, 5) is 23.0. The fourth-order valence-electron chi connectivity index (χ4n) is 3.44. The van der Waals surface area contributed by atoms with Gasteiger partial charge in [-0.3, -0.25) is 14.9 Å². The Kier molecular flexibility index (Phi) is 5.98. The van der Waals surface area contributed by atoms with Gasteiger partial charge in [0.05, 0.1) is 18.1 Å². The number of nitriles is 1. The van der Waals surface area contributed by atoms with E-state index in [2.05, 4.69) is 11.4 Å². The number of carbonyl (C=O) groups excluding carboxylic acids is 1. The van der Waals surface area contributed by atoms with Crippen LogP contribution in [0.15, 0.2) is 42.5 Å². The van der Waals surface area contributed by atoms with Crippen molar-refractivity contribution in [2.45, 2.75) is 31.2 Å². The number of ether oxygens (including phenoxy) is 2. The molecule has 2 aromatic rings. The molecule has 1 N–H and O–H groups in total. The van der Waals surface area contributed by atoms with Crippen LogP contribution in [0.1, 0.15) is 25.7 Å². The summed E-state index contributed by atoms with van der Waals surface area (Å²) in [5.74, 6) is 0.597. The van der Waals surface area contributed by atoms with Gasteiger partial charge >= 0.3 is 0 Å². The first-order valence-corrected chi connectivity index (χ1v) is 9.24. The van der Waals surface area contributed by atoms with Crippen LogP contribution in [0.5, 0.6) is 11.5 Å². The van der Waals surface area contributed by atoms with Crippen LogP contribution in [0, 0.1) is 21.4 Å². The monoisotopic (exact) mass is 395 g/mol. The van der Waals surface area contributed by atoms with Crippen LogP contribution in [0.25, 0.3) is 11.1 Å². The number of nitrogens with one attached hydrogen (secondary N) is 1. The van der Waals surface area contributed by atoms with Gasteiger partial charge in [0.1, 0.15) is 17.0 Å². The molecule has 1 aliphatic rings. The normalized spacial score (nSPS) is 14.6. The van der Waals surface area contributed by atoms with Crippen LogP contribution in [-0.2, 0) is 4.79 Å². The number of carbonyl (C=O) groups is 1. The fraction of sp³-hybridized carbons (Fsp3) is 0.333.